The van der Waals surface area contributed by atoms with E-state index in [9.17, 15) is 33.9 Å². The number of para-hydroxylation sites is 1. The third-order valence-corrected chi connectivity index (χ3v) is 16.0. The van der Waals surface area contributed by atoms with Gasteiger partial charge in [-0.2, -0.15) is 0 Å². The summed E-state index contributed by atoms with van der Waals surface area (Å²) in [5, 5.41) is 17.4. The predicted octanol–water partition coefficient (Wildman–Crippen LogP) is 6.20. The van der Waals surface area contributed by atoms with Gasteiger partial charge in [-0.05, 0) is 75.1 Å². The summed E-state index contributed by atoms with van der Waals surface area (Å²) in [5.41, 5.74) is 2.21. The van der Waals surface area contributed by atoms with Gasteiger partial charge in [0, 0.05) is 77.1 Å². The van der Waals surface area contributed by atoms with Gasteiger partial charge in [0.15, 0.2) is 5.72 Å². The molecule has 85 heavy (non-hydrogen) atoms. The highest BCUT2D eigenvalue weighted by Crippen LogP contribution is 2.49. The molecule has 3 aromatic rings. The van der Waals surface area contributed by atoms with Gasteiger partial charge in [0.2, 0.25) is 23.6 Å². The first-order chi connectivity index (χ1) is 40.8. The quantitative estimate of drug-likeness (QED) is 0.0391. The molecule has 21 nitrogen and oxygen atoms in total. The van der Waals surface area contributed by atoms with Crippen LogP contribution in [0.2, 0.25) is 5.02 Å². The lowest BCUT2D eigenvalue weighted by Crippen LogP contribution is -2.63. The highest BCUT2D eigenvalue weighted by Gasteiger charge is 2.64. The van der Waals surface area contributed by atoms with E-state index in [0.29, 0.717) is 70.4 Å². The minimum atomic E-state index is -1.86. The largest absolute Gasteiger partial charge is 0.495 e. The number of methoxy groups -OCH3 is 2. The number of ether oxygens (including phenoxy) is 9. The zero-order valence-corrected chi connectivity index (χ0v) is 50.5. The maximum absolute atomic E-state index is 14.3. The number of amides is 5. The molecule has 2 fully saturated rings. The summed E-state index contributed by atoms with van der Waals surface area (Å²) in [6.45, 7) is 10.0. The number of carbonyl (C=O) groups is 6. The van der Waals surface area contributed by atoms with Crippen LogP contribution >= 0.6 is 11.6 Å². The van der Waals surface area contributed by atoms with E-state index in [1.165, 1.54) is 38.0 Å². The number of fused-ring (bicyclic) bond motifs is 7. The number of carbonyl (C=O) groups excluding carboxylic acids is 6. The summed E-state index contributed by atoms with van der Waals surface area (Å²) in [6, 6.07) is 17.8. The molecule has 22 heteroatoms. The van der Waals surface area contributed by atoms with E-state index in [4.69, 9.17) is 54.2 Å². The van der Waals surface area contributed by atoms with Gasteiger partial charge in [-0.15, -0.1) is 0 Å². The van der Waals surface area contributed by atoms with Gasteiger partial charge in [0.1, 0.15) is 40.7 Å². The van der Waals surface area contributed by atoms with Crippen LogP contribution in [0, 0.1) is 17.8 Å². The molecule has 3 aromatic carbocycles. The Kier molecular flexibility index (Phi) is 23.9. The summed E-state index contributed by atoms with van der Waals surface area (Å²) in [7, 11) is 5.96. The van der Waals surface area contributed by atoms with Crippen molar-refractivity contribution in [3.05, 3.63) is 112 Å². The van der Waals surface area contributed by atoms with E-state index >= 15 is 0 Å². The Morgan fingerprint density at radius 2 is 1.56 bits per heavy atom. The predicted molar refractivity (Wildman–Crippen MR) is 316 cm³/mol. The number of anilines is 2. The Labute approximate surface area is 502 Å². The number of allylic oxidation sites excluding steroid dienone is 3. The van der Waals surface area contributed by atoms with Crippen molar-refractivity contribution >= 4 is 58.7 Å². The van der Waals surface area contributed by atoms with E-state index in [1.54, 1.807) is 50.1 Å². The van der Waals surface area contributed by atoms with E-state index in [0.717, 1.165) is 33.5 Å². The van der Waals surface area contributed by atoms with Crippen molar-refractivity contribution in [3.8, 4) is 17.6 Å². The van der Waals surface area contributed by atoms with Crippen molar-refractivity contribution in [3.63, 3.8) is 0 Å². The van der Waals surface area contributed by atoms with Gasteiger partial charge in [-0.3, -0.25) is 24.5 Å². The molecule has 2 unspecified atom stereocenters. The fraction of sp³-hybridized carbons (Fsp3) is 0.524. The monoisotopic (exact) mass is 1200 g/mol. The minimum absolute atomic E-state index is 0.0409. The maximum Gasteiger partial charge on any atom is 0.409 e. The highest BCUT2D eigenvalue weighted by molar-refractivity contribution is 6.35. The van der Waals surface area contributed by atoms with E-state index < -0.39 is 65.7 Å². The molecule has 0 radical (unpaired) electrons. The lowest BCUT2D eigenvalue weighted by Gasteiger charge is -2.42. The first-order valence-electron chi connectivity index (χ1n) is 28.7. The van der Waals surface area contributed by atoms with Crippen LogP contribution in [-0.4, -0.2) is 175 Å². The molecule has 4 aliphatic rings. The number of aliphatic hydroxyl groups is 1. The van der Waals surface area contributed by atoms with Crippen LogP contribution in [0.1, 0.15) is 88.5 Å². The van der Waals surface area contributed by atoms with Crippen LogP contribution in [-0.2, 0) is 74.8 Å². The Hall–Kier alpha value is -6.87. The molecule has 2 saturated heterocycles. The van der Waals surface area contributed by atoms with E-state index in [2.05, 4.69) is 22.5 Å². The highest BCUT2D eigenvalue weighted by atomic mass is 35.5. The second-order valence-electron chi connectivity index (χ2n) is 21.7. The van der Waals surface area contributed by atoms with Crippen LogP contribution in [0.15, 0.2) is 84.5 Å². The lowest BCUT2D eigenvalue weighted by molar-refractivity contribution is -0.162. The number of rotatable bonds is 24. The van der Waals surface area contributed by atoms with E-state index in [-0.39, 0.29) is 74.7 Å². The molecule has 3 N–H and O–H groups in total. The van der Waals surface area contributed by atoms with Crippen molar-refractivity contribution in [1.29, 1.82) is 0 Å². The molecule has 4 aliphatic heterocycles. The van der Waals surface area contributed by atoms with Crippen LogP contribution < -0.4 is 25.2 Å². The summed E-state index contributed by atoms with van der Waals surface area (Å²) in [6.07, 6.45) is 1.13. The number of epoxide rings is 1. The molecule has 4 bridgehead atoms. The molecular weight excluding hydrogens is 1120 g/mol. The van der Waals surface area contributed by atoms with Crippen molar-refractivity contribution < 1.29 is 76.5 Å². The number of nitrogens with zero attached hydrogens (tertiary/aromatic N) is 3. The first-order valence-corrected chi connectivity index (χ1v) is 29.1. The third-order valence-electron chi connectivity index (χ3n) is 15.6. The van der Waals surface area contributed by atoms with Crippen LogP contribution in [0.5, 0.6) is 5.75 Å². The zero-order valence-electron chi connectivity index (χ0n) is 49.8. The summed E-state index contributed by atoms with van der Waals surface area (Å²) < 4.78 is 51.9. The van der Waals surface area contributed by atoms with Gasteiger partial charge in [0.05, 0.1) is 83.8 Å². The third kappa shape index (κ3) is 17.6. The summed E-state index contributed by atoms with van der Waals surface area (Å²) in [4.78, 5) is 85.2. The smallest absolute Gasteiger partial charge is 0.409 e. The number of likely N-dealkylation sites (N-methyl/N-ethyl adjacent to an activating group) is 1. The number of nitrogens with one attached hydrogen (secondary N) is 2. The molecule has 4 heterocycles. The summed E-state index contributed by atoms with van der Waals surface area (Å²) >= 11 is 6.82. The van der Waals surface area contributed by atoms with Crippen molar-refractivity contribution in [2.45, 2.75) is 121 Å². The van der Waals surface area contributed by atoms with Crippen LogP contribution in [0.3, 0.4) is 0 Å². The number of benzene rings is 3. The fourth-order valence-corrected chi connectivity index (χ4v) is 10.7. The van der Waals surface area contributed by atoms with Crippen LogP contribution in [0.25, 0.3) is 0 Å². The summed E-state index contributed by atoms with van der Waals surface area (Å²) in [5.74, 6) is 4.19. The Morgan fingerprint density at radius 3 is 2.27 bits per heavy atom. The molecule has 5 amide bonds. The number of alkyl carbamates (subject to hydrolysis) is 1. The van der Waals surface area contributed by atoms with Crippen LogP contribution in [0.4, 0.5) is 16.2 Å². The second-order valence-corrected chi connectivity index (χ2v) is 22.1. The Bertz CT molecular complexity index is 2980. The number of hydrogen-bond acceptors (Lipinski definition) is 16. The maximum atomic E-state index is 14.3. The molecular formula is C63H80ClN5O16. The zero-order chi connectivity index (χ0) is 61.3. The molecule has 7 rings (SSSR count). The van der Waals surface area contributed by atoms with Gasteiger partial charge < -0.3 is 67.8 Å². The molecule has 8 atom stereocenters. The van der Waals surface area contributed by atoms with E-state index in [1.807, 2.05) is 61.5 Å². The van der Waals surface area contributed by atoms with Gasteiger partial charge in [-0.1, -0.05) is 84.5 Å². The first kappa shape index (κ1) is 65.7. The topological polar surface area (TPSA) is 243 Å². The Morgan fingerprint density at radius 1 is 0.906 bits per heavy atom. The molecule has 0 saturated carbocycles. The number of hydrogen-bond donors (Lipinski definition) is 3. The standard InChI is InChI=1S/C63H80ClN5O16/c1-41-15-13-20-52(78-8)63(76)39-51(83-61(75)66-63)42(2)59-62(4,85-59)53(38-57(73)68(6)49-36-44(35-41)37-50(77-7)58(49)64)84-60(74)43(3)67(5)55(71)21-14-27-79-29-31-81-33-34-82-32-30-80-28-26-65-54(70)24-25-56(72)69-40-47-18-10-9-16-45(47)22-23-46-17-11-12-19-48(46)69/h9-13,15-20,36-37,42-43,51-53,59,76H,14,21,24-35,38-40H2,1-8H3,(H,65,70)(H,66,75)/b20-13+,41-15+/t42-,43+,51?,52-,53+,59?,62+,63+/m1/s1. The number of esters is 1. The second kappa shape index (κ2) is 31.0. The van der Waals surface area contributed by atoms with Crippen molar-refractivity contribution in [2.75, 3.05) is 97.5 Å². The average Bonchev–Trinajstić information content (AvgIpc) is 2.64. The van der Waals surface area contributed by atoms with Gasteiger partial charge in [0.25, 0.3) is 0 Å². The lowest BCUT2D eigenvalue weighted by atomic mass is 9.83. The molecule has 0 aromatic heterocycles. The Balaban J connectivity index is 0.793. The van der Waals surface area contributed by atoms with Gasteiger partial charge >= 0.3 is 12.1 Å². The van der Waals surface area contributed by atoms with Crippen molar-refractivity contribution in [2.24, 2.45) is 5.92 Å². The van der Waals surface area contributed by atoms with Crippen molar-refractivity contribution in [1.82, 2.24) is 15.5 Å². The molecule has 460 valence electrons. The van der Waals surface area contributed by atoms with Gasteiger partial charge in [-0.25, -0.2) is 9.59 Å². The minimum Gasteiger partial charge on any atom is -0.495 e. The number of halogens is 1. The SMILES string of the molecule is COc1cc2cc(c1Cl)N(C)C(=O)C[C@H](OC(=O)[C@H](C)N(C)C(=O)CCCOCCOCCOCCOCCNC(=O)CCC(=O)N1Cc3ccccc3C#Cc3ccccc31)[C@]1(C)OC1[C@H](C)C1C[C@@](O)(NC(=O)O1)[C@H](OC)/C=C/C=C(\C)C2. The molecule has 0 aliphatic carbocycles. The fourth-order valence-electron chi connectivity index (χ4n) is 10.4. The normalized spacial score (nSPS) is 24.2. The molecule has 0 spiro atoms. The average molecular weight is 1200 g/mol.